The first-order valence-corrected chi connectivity index (χ1v) is 7.56. The number of benzene rings is 1. The van der Waals surface area contributed by atoms with E-state index in [1.54, 1.807) is 0 Å². The van der Waals surface area contributed by atoms with Crippen LogP contribution in [0.15, 0.2) is 27.6 Å². The molecule has 0 saturated carbocycles. The van der Waals surface area contributed by atoms with Crippen LogP contribution in [0.2, 0.25) is 0 Å². The number of hydrogen-bond donors (Lipinski definition) is 1. The molecule has 0 radical (unpaired) electrons. The van der Waals surface area contributed by atoms with Crippen LogP contribution in [-0.2, 0) is 0 Å². The van der Waals surface area contributed by atoms with E-state index in [2.05, 4.69) is 53.3 Å². The van der Waals surface area contributed by atoms with Crippen LogP contribution in [0.3, 0.4) is 0 Å². The summed E-state index contributed by atoms with van der Waals surface area (Å²) in [6.07, 6.45) is 2.54. The molecule has 0 aliphatic rings. The van der Waals surface area contributed by atoms with Gasteiger partial charge in [0.2, 0.25) is 0 Å². The van der Waals surface area contributed by atoms with Gasteiger partial charge in [-0.1, -0.05) is 35.3 Å². The molecule has 90 valence electrons. The highest BCUT2D eigenvalue weighted by molar-refractivity contribution is 9.10. The molecule has 0 amide bonds. The zero-order valence-electron chi connectivity index (χ0n) is 10.2. The van der Waals surface area contributed by atoms with E-state index in [1.807, 2.05) is 18.8 Å². The first-order chi connectivity index (χ1) is 7.69. The highest BCUT2D eigenvalue weighted by Gasteiger charge is 2.09. The summed E-state index contributed by atoms with van der Waals surface area (Å²) in [5.74, 6) is 1.20. The van der Waals surface area contributed by atoms with E-state index in [4.69, 9.17) is 0 Å². The van der Waals surface area contributed by atoms with E-state index in [0.29, 0.717) is 6.04 Å². The standard InChI is InChI=1S/C13H20BrNS/c1-4-5-8-16-13-9-11(14)6-7-12(13)10(2)15-3/h6-7,9-10,15H,4-5,8H2,1-3H3. The van der Waals surface area contributed by atoms with Gasteiger partial charge in [-0.25, -0.2) is 0 Å². The second kappa shape index (κ2) is 7.36. The predicted octanol–water partition coefficient (Wildman–Crippen LogP) is 4.62. The Balaban J connectivity index is 2.81. The third kappa shape index (κ3) is 4.11. The van der Waals surface area contributed by atoms with Crippen LogP contribution in [0.4, 0.5) is 0 Å². The molecule has 0 spiro atoms. The molecule has 3 heteroatoms. The summed E-state index contributed by atoms with van der Waals surface area (Å²) < 4.78 is 1.17. The maximum atomic E-state index is 3.54. The van der Waals surface area contributed by atoms with E-state index in [-0.39, 0.29) is 0 Å². The maximum absolute atomic E-state index is 3.54. The van der Waals surface area contributed by atoms with Gasteiger partial charge in [-0.3, -0.25) is 0 Å². The lowest BCUT2D eigenvalue weighted by molar-refractivity contribution is 0.641. The van der Waals surface area contributed by atoms with Crippen molar-refractivity contribution in [2.45, 2.75) is 37.6 Å². The summed E-state index contributed by atoms with van der Waals surface area (Å²) in [6, 6.07) is 6.97. The average molecular weight is 302 g/mol. The fraction of sp³-hybridized carbons (Fsp3) is 0.538. The van der Waals surface area contributed by atoms with E-state index in [1.165, 1.54) is 33.5 Å². The Bertz CT molecular complexity index is 328. The zero-order chi connectivity index (χ0) is 12.0. The highest BCUT2D eigenvalue weighted by Crippen LogP contribution is 2.30. The molecule has 0 bridgehead atoms. The molecule has 16 heavy (non-hydrogen) atoms. The Labute approximate surface area is 112 Å². The zero-order valence-corrected chi connectivity index (χ0v) is 12.6. The molecule has 1 N–H and O–H groups in total. The van der Waals surface area contributed by atoms with Gasteiger partial charge in [0.25, 0.3) is 0 Å². The summed E-state index contributed by atoms with van der Waals surface area (Å²) in [7, 11) is 2.01. The molecule has 1 nitrogen and oxygen atoms in total. The minimum atomic E-state index is 0.414. The Morgan fingerprint density at radius 3 is 2.81 bits per heavy atom. The Morgan fingerprint density at radius 2 is 2.19 bits per heavy atom. The molecule has 1 rings (SSSR count). The Morgan fingerprint density at radius 1 is 1.44 bits per heavy atom. The fourth-order valence-corrected chi connectivity index (χ4v) is 3.26. The third-order valence-corrected chi connectivity index (χ3v) is 4.28. The number of rotatable bonds is 6. The van der Waals surface area contributed by atoms with Crippen molar-refractivity contribution < 1.29 is 0 Å². The van der Waals surface area contributed by atoms with Crippen molar-refractivity contribution in [2.24, 2.45) is 0 Å². The van der Waals surface area contributed by atoms with Crippen molar-refractivity contribution in [3.63, 3.8) is 0 Å². The number of hydrogen-bond acceptors (Lipinski definition) is 2. The first-order valence-electron chi connectivity index (χ1n) is 5.78. The highest BCUT2D eigenvalue weighted by atomic mass is 79.9. The molecule has 0 aliphatic heterocycles. The van der Waals surface area contributed by atoms with Crippen LogP contribution >= 0.6 is 27.7 Å². The molecule has 1 atom stereocenters. The van der Waals surface area contributed by atoms with E-state index >= 15 is 0 Å². The lowest BCUT2D eigenvalue weighted by atomic mass is 10.1. The summed E-state index contributed by atoms with van der Waals surface area (Å²) in [4.78, 5) is 1.39. The van der Waals surface area contributed by atoms with Crippen molar-refractivity contribution >= 4 is 27.7 Å². The molecule has 1 aromatic rings. The number of halogens is 1. The molecule has 0 aromatic heterocycles. The van der Waals surface area contributed by atoms with E-state index in [0.717, 1.165) is 0 Å². The van der Waals surface area contributed by atoms with Crippen LogP contribution in [0.1, 0.15) is 38.3 Å². The van der Waals surface area contributed by atoms with Crippen molar-refractivity contribution in [3.8, 4) is 0 Å². The van der Waals surface area contributed by atoms with Crippen molar-refractivity contribution in [3.05, 3.63) is 28.2 Å². The number of nitrogens with one attached hydrogen (secondary N) is 1. The number of thioether (sulfide) groups is 1. The lowest BCUT2D eigenvalue weighted by Gasteiger charge is -2.15. The SMILES string of the molecule is CCCCSc1cc(Br)ccc1C(C)NC. The van der Waals surface area contributed by atoms with Crippen LogP contribution < -0.4 is 5.32 Å². The van der Waals surface area contributed by atoms with Crippen LogP contribution in [0, 0.1) is 0 Å². The van der Waals surface area contributed by atoms with Gasteiger partial charge in [-0.05, 0) is 43.8 Å². The Kier molecular flexibility index (Phi) is 6.47. The van der Waals surface area contributed by atoms with Crippen molar-refractivity contribution in [1.29, 1.82) is 0 Å². The van der Waals surface area contributed by atoms with Gasteiger partial charge in [0.1, 0.15) is 0 Å². The quantitative estimate of drug-likeness (QED) is 0.608. The van der Waals surface area contributed by atoms with Crippen LogP contribution in [0.5, 0.6) is 0 Å². The van der Waals surface area contributed by atoms with E-state index in [9.17, 15) is 0 Å². The average Bonchev–Trinajstić information content (AvgIpc) is 2.29. The van der Waals surface area contributed by atoms with Gasteiger partial charge < -0.3 is 5.32 Å². The van der Waals surface area contributed by atoms with E-state index < -0.39 is 0 Å². The van der Waals surface area contributed by atoms with Crippen molar-refractivity contribution in [1.82, 2.24) is 5.32 Å². The molecular weight excluding hydrogens is 282 g/mol. The largest absolute Gasteiger partial charge is 0.313 e. The van der Waals surface area contributed by atoms with Gasteiger partial charge >= 0.3 is 0 Å². The molecule has 1 unspecified atom stereocenters. The summed E-state index contributed by atoms with van der Waals surface area (Å²) >= 11 is 5.50. The molecule has 0 saturated heterocycles. The summed E-state index contributed by atoms with van der Waals surface area (Å²) in [6.45, 7) is 4.44. The minimum Gasteiger partial charge on any atom is -0.313 e. The van der Waals surface area contributed by atoms with Gasteiger partial charge in [-0.2, -0.15) is 0 Å². The molecular formula is C13H20BrNS. The van der Waals surface area contributed by atoms with Crippen LogP contribution in [-0.4, -0.2) is 12.8 Å². The third-order valence-electron chi connectivity index (χ3n) is 2.63. The fourth-order valence-electron chi connectivity index (χ4n) is 1.47. The molecule has 0 aliphatic carbocycles. The summed E-state index contributed by atoms with van der Waals surface area (Å²) in [5.41, 5.74) is 1.40. The second-order valence-corrected chi connectivity index (χ2v) is 5.95. The second-order valence-electron chi connectivity index (χ2n) is 3.89. The van der Waals surface area contributed by atoms with Gasteiger partial charge in [0, 0.05) is 15.4 Å². The minimum absolute atomic E-state index is 0.414. The van der Waals surface area contributed by atoms with Gasteiger partial charge in [0.15, 0.2) is 0 Å². The van der Waals surface area contributed by atoms with Gasteiger partial charge in [-0.15, -0.1) is 11.8 Å². The molecule has 0 heterocycles. The van der Waals surface area contributed by atoms with Crippen LogP contribution in [0.25, 0.3) is 0 Å². The van der Waals surface area contributed by atoms with Crippen molar-refractivity contribution in [2.75, 3.05) is 12.8 Å². The summed E-state index contributed by atoms with van der Waals surface area (Å²) in [5, 5.41) is 3.30. The predicted molar refractivity (Wildman–Crippen MR) is 77.2 cm³/mol. The smallest absolute Gasteiger partial charge is 0.0300 e. The molecule has 0 fully saturated rings. The molecule has 1 aromatic carbocycles. The van der Waals surface area contributed by atoms with Gasteiger partial charge in [0.05, 0.1) is 0 Å². The normalized spacial score (nSPS) is 12.8. The number of unbranched alkanes of at least 4 members (excludes halogenated alkanes) is 1. The Hall–Kier alpha value is 0.01000. The monoisotopic (exact) mass is 301 g/mol. The lowest BCUT2D eigenvalue weighted by Crippen LogP contribution is -2.13. The first kappa shape index (κ1) is 14.1. The topological polar surface area (TPSA) is 12.0 Å². The maximum Gasteiger partial charge on any atom is 0.0300 e.